The van der Waals surface area contributed by atoms with Crippen molar-refractivity contribution in [1.82, 2.24) is 19.9 Å². The molecule has 0 amide bonds. The van der Waals surface area contributed by atoms with Crippen LogP contribution >= 0.6 is 0 Å². The van der Waals surface area contributed by atoms with E-state index in [9.17, 15) is 18.4 Å². The molecule has 4 aromatic heterocycles. The average Bonchev–Trinajstić information content (AvgIpc) is 1.62. The van der Waals surface area contributed by atoms with Crippen molar-refractivity contribution in [3.8, 4) is 72.8 Å². The van der Waals surface area contributed by atoms with E-state index < -0.39 is 11.7 Å². The number of aromatic nitrogens is 4. The third kappa shape index (κ3) is 15.3. The first-order valence-electron chi connectivity index (χ1n) is 45.5. The van der Waals surface area contributed by atoms with Crippen molar-refractivity contribution in [1.29, 1.82) is 5.26 Å². The number of anilines is 10. The number of nitriles is 1. The molecule has 4 aliphatic heterocycles. The van der Waals surface area contributed by atoms with Gasteiger partial charge in [0, 0.05) is 148 Å². The predicted octanol–water partition coefficient (Wildman–Crippen LogP) is 31.1. The fourth-order valence-electron chi connectivity index (χ4n) is 19.7. The molecular formula is C120H77F3N16. The number of aliphatic imine (C=N–C) groups is 4. The lowest BCUT2D eigenvalue weighted by molar-refractivity contribution is -0.137. The first-order valence-corrected chi connectivity index (χ1v) is 45.5. The second-order valence-corrected chi connectivity index (χ2v) is 34.9. The molecule has 4 N–H and O–H groups in total. The molecule has 0 spiro atoms. The number of hydrogen-bond acceptors (Lipinski definition) is 11. The maximum atomic E-state index is 13.7. The van der Waals surface area contributed by atoms with Crippen LogP contribution in [0.2, 0.25) is 0 Å². The minimum absolute atomic E-state index is 0.193. The van der Waals surface area contributed by atoms with Crippen LogP contribution in [0.15, 0.2) is 409 Å². The van der Waals surface area contributed by atoms with Gasteiger partial charge in [-0.1, -0.05) is 212 Å². The molecule has 20 aromatic rings. The second kappa shape index (κ2) is 34.0. The lowest BCUT2D eigenvalue weighted by Gasteiger charge is -2.26. The van der Waals surface area contributed by atoms with Gasteiger partial charge in [0.25, 0.3) is 0 Å². The number of halogens is 3. The largest absolute Gasteiger partial charge is 0.416 e. The summed E-state index contributed by atoms with van der Waals surface area (Å²) in [6, 6.07) is 123. The molecule has 658 valence electrons. The SMILES string of the molecule is [C-]#[N+]/C(=C(/C#N)c1ccc(N(c2ccc(-c3ccc(N=C4Nc5cccc6cccc4c56)nc3)cc2)c2ccc(-c3ccc(N=C4Nc5ccc(-c6ccc(C)cc6C)c6cccc4c56)nc3)cc2)cc1)c1ccc(N(c2ccc(-c3ccc(N=C4Nc5cccc6cccc4c56)nc3)cc2)c2ccc(-c3ccc(N=C4Nc5ccc(-c6ccc(C(F)(F)F)cc6C)c6cccc4c56)nc3)cc2)cc1. The molecule has 0 unspecified atom stereocenters. The van der Waals surface area contributed by atoms with Crippen molar-refractivity contribution < 1.29 is 13.2 Å². The van der Waals surface area contributed by atoms with E-state index in [1.165, 1.54) is 33.7 Å². The standard InChI is InChI=1S/C120H77F3N16/c1-70-23-53-92(71(2)63-70)94-55-57-105-113-96(94)15-9-19-100(113)118(132-105)136-109-61-38-83(68-128-109)74-26-43-87(44-27-74)138(86-41-24-73(25-42-86)81-36-59-107(126-66-81)134-116-98-17-5-11-78-13-7-21-103(130-116)111(78)98)90-49-32-77(33-50-90)102(65-124)115(125-4)80-34-51-91(52-35-80)139(88-45-28-75(29-46-88)82-37-60-108(127-67-82)135-117-99-18-6-12-79-14-8-22-104(131-117)112(79)99)89-47-30-76(31-48-89)84-39-62-110(129-69-84)137-119-101-20-10-16-97-95(56-58-106(133-119)114(97)101)93-54-40-85(64-72(93)3)120(121,122)123/h5-64,66-69H,1-3H3,(H,126,130,134)(H,127,131,135)(H,128,132,136)(H,129,133,137)/b115-102-. The molecule has 16 nitrogen and oxygen atoms in total. The van der Waals surface area contributed by atoms with E-state index in [1.807, 2.05) is 158 Å². The minimum Gasteiger partial charge on any atom is -0.339 e. The van der Waals surface area contributed by atoms with Crippen LogP contribution in [0, 0.1) is 38.7 Å². The Morgan fingerprint density at radius 2 is 0.626 bits per heavy atom. The van der Waals surface area contributed by atoms with Gasteiger partial charge in [0.15, 0.2) is 23.3 Å². The topological polar surface area (TPSA) is 184 Å². The molecule has 0 atom stereocenters. The molecule has 0 saturated heterocycles. The Bertz CT molecular complexity index is 8440. The van der Waals surface area contributed by atoms with Crippen LogP contribution < -0.4 is 31.1 Å². The third-order valence-corrected chi connectivity index (χ3v) is 26.4. The monoisotopic (exact) mass is 1800 g/mol. The van der Waals surface area contributed by atoms with E-state index >= 15 is 0 Å². The van der Waals surface area contributed by atoms with Gasteiger partial charge in [-0.25, -0.2) is 44.8 Å². The number of benzene rings is 16. The highest BCUT2D eigenvalue weighted by molar-refractivity contribution is 6.31. The Labute approximate surface area is 797 Å². The van der Waals surface area contributed by atoms with Crippen LogP contribution in [0.4, 0.5) is 93.3 Å². The van der Waals surface area contributed by atoms with Crippen molar-refractivity contribution in [2.75, 3.05) is 31.1 Å². The van der Waals surface area contributed by atoms with E-state index in [0.29, 0.717) is 45.8 Å². The van der Waals surface area contributed by atoms with Crippen LogP contribution in [0.1, 0.15) is 55.6 Å². The number of nitrogens with zero attached hydrogens (tertiary/aromatic N) is 12. The van der Waals surface area contributed by atoms with E-state index in [4.69, 9.17) is 46.5 Å². The Morgan fingerprint density at radius 3 is 0.957 bits per heavy atom. The van der Waals surface area contributed by atoms with Crippen molar-refractivity contribution in [2.24, 2.45) is 20.0 Å². The van der Waals surface area contributed by atoms with E-state index in [2.05, 4.69) is 262 Å². The number of nitrogens with one attached hydrogen (secondary N) is 4. The second-order valence-electron chi connectivity index (χ2n) is 34.9. The molecule has 139 heavy (non-hydrogen) atoms. The van der Waals surface area contributed by atoms with Gasteiger partial charge in [-0.3, -0.25) is 0 Å². The zero-order chi connectivity index (χ0) is 93.7. The first-order chi connectivity index (χ1) is 68.1. The molecule has 4 aliphatic rings. The summed E-state index contributed by atoms with van der Waals surface area (Å²) in [7, 11) is 0. The molecule has 0 fully saturated rings. The fourth-order valence-corrected chi connectivity index (χ4v) is 19.7. The van der Waals surface area contributed by atoms with Gasteiger partial charge < -0.3 is 31.1 Å². The van der Waals surface area contributed by atoms with Crippen LogP contribution in [-0.4, -0.2) is 43.3 Å². The number of hydrogen-bond donors (Lipinski definition) is 4. The lowest BCUT2D eigenvalue weighted by atomic mass is 9.92. The zero-order valence-corrected chi connectivity index (χ0v) is 75.0. The summed E-state index contributed by atoms with van der Waals surface area (Å²) in [4.78, 5) is 47.9. The summed E-state index contributed by atoms with van der Waals surface area (Å²) in [5, 5.41) is 34.1. The van der Waals surface area contributed by atoms with Crippen molar-refractivity contribution in [2.45, 2.75) is 26.9 Å². The summed E-state index contributed by atoms with van der Waals surface area (Å²) in [6.45, 7) is 14.8. The van der Waals surface area contributed by atoms with Gasteiger partial charge in [0.2, 0.25) is 5.70 Å². The van der Waals surface area contributed by atoms with Gasteiger partial charge in [-0.05, 0) is 267 Å². The van der Waals surface area contributed by atoms with Crippen LogP contribution in [0.5, 0.6) is 0 Å². The highest BCUT2D eigenvalue weighted by Gasteiger charge is 2.33. The summed E-state index contributed by atoms with van der Waals surface area (Å²) >= 11 is 0. The fraction of sp³-hybridized carbons (Fsp3) is 0.0333. The molecule has 24 rings (SSSR count). The number of pyridine rings is 4. The summed E-state index contributed by atoms with van der Waals surface area (Å²) < 4.78 is 41.2. The number of allylic oxidation sites excluding steroid dienone is 1. The molecule has 0 bridgehead atoms. The molecule has 0 radical (unpaired) electrons. The van der Waals surface area contributed by atoms with Gasteiger partial charge in [0.1, 0.15) is 23.3 Å². The van der Waals surface area contributed by atoms with E-state index in [1.54, 1.807) is 19.2 Å². The van der Waals surface area contributed by atoms with Crippen molar-refractivity contribution >= 4 is 158 Å². The number of rotatable bonds is 18. The maximum Gasteiger partial charge on any atom is 0.416 e. The highest BCUT2D eigenvalue weighted by atomic mass is 19.4. The van der Waals surface area contributed by atoms with Crippen LogP contribution in [-0.2, 0) is 6.18 Å². The summed E-state index contributed by atoms with van der Waals surface area (Å²) in [5.74, 6) is 5.09. The quantitative estimate of drug-likeness (QED) is 0.0364. The molecular weight excluding hydrogens is 1720 g/mol. The smallest absolute Gasteiger partial charge is 0.339 e. The number of amidine groups is 4. The number of aryl methyl sites for hydroxylation is 3. The van der Waals surface area contributed by atoms with Gasteiger partial charge in [-0.15, -0.1) is 0 Å². The summed E-state index contributed by atoms with van der Waals surface area (Å²) in [5.41, 5.74) is 28.1. The van der Waals surface area contributed by atoms with E-state index in [-0.39, 0.29) is 11.3 Å². The normalized spacial score (nSPS) is 13.9. The number of alkyl halides is 3. The average molecular weight is 1800 g/mol. The Kier molecular flexibility index (Phi) is 20.4. The van der Waals surface area contributed by atoms with Crippen molar-refractivity contribution in [3.63, 3.8) is 0 Å². The third-order valence-electron chi connectivity index (χ3n) is 26.4. The highest BCUT2D eigenvalue weighted by Crippen LogP contribution is 2.48. The molecule has 0 aliphatic carbocycles. The molecule has 19 heteroatoms. The van der Waals surface area contributed by atoms with E-state index in [0.717, 1.165) is 196 Å². The summed E-state index contributed by atoms with van der Waals surface area (Å²) in [6.07, 6.45) is 2.92. The molecule has 0 saturated carbocycles. The van der Waals surface area contributed by atoms with Gasteiger partial charge in [0.05, 0.1) is 23.8 Å². The predicted molar refractivity (Wildman–Crippen MR) is 559 cm³/mol. The Hall–Kier alpha value is -18.9. The van der Waals surface area contributed by atoms with Crippen molar-refractivity contribution in [3.05, 3.63) is 456 Å². The van der Waals surface area contributed by atoms with Crippen LogP contribution in [0.25, 0.3) is 126 Å². The minimum atomic E-state index is -4.45. The molecule has 16 aromatic carbocycles. The Morgan fingerprint density at radius 1 is 0.317 bits per heavy atom. The zero-order valence-electron chi connectivity index (χ0n) is 75.0. The van der Waals surface area contributed by atoms with Gasteiger partial charge >= 0.3 is 6.18 Å². The van der Waals surface area contributed by atoms with Crippen LogP contribution in [0.3, 0.4) is 0 Å². The van der Waals surface area contributed by atoms with Gasteiger partial charge in [-0.2, -0.15) is 18.4 Å². The first kappa shape index (κ1) is 83.2. The maximum absolute atomic E-state index is 13.7. The Balaban J connectivity index is 0.522. The molecule has 8 heterocycles. The lowest BCUT2D eigenvalue weighted by Crippen LogP contribution is -2.10.